The van der Waals surface area contributed by atoms with E-state index < -0.39 is 11.8 Å². The molecule has 1 aromatic rings. The number of ketones is 1. The molecular formula is C19H24O3. The predicted molar refractivity (Wildman–Crippen MR) is 90.7 cm³/mol. The Balaban J connectivity index is 3.03. The summed E-state index contributed by atoms with van der Waals surface area (Å²) < 4.78 is 0. The Labute approximate surface area is 132 Å². The largest absolute Gasteiger partial charge is 0.475 e. The highest BCUT2D eigenvalue weighted by atomic mass is 16.4. The summed E-state index contributed by atoms with van der Waals surface area (Å²) in [6, 6.07) is 5.81. The third kappa shape index (κ3) is 6.53. The first-order valence-corrected chi connectivity index (χ1v) is 7.80. The average Bonchev–Trinajstić information content (AvgIpc) is 2.47. The summed E-state index contributed by atoms with van der Waals surface area (Å²) in [4.78, 5) is 22.1. The van der Waals surface area contributed by atoms with E-state index in [9.17, 15) is 9.59 Å². The Kier molecular flexibility index (Phi) is 7.90. The van der Waals surface area contributed by atoms with E-state index in [2.05, 4.69) is 26.0 Å². The van der Waals surface area contributed by atoms with E-state index in [0.29, 0.717) is 0 Å². The molecule has 0 amide bonds. The van der Waals surface area contributed by atoms with Gasteiger partial charge in [0.1, 0.15) is 0 Å². The number of carbonyl (C=O) groups is 2. The van der Waals surface area contributed by atoms with Crippen molar-refractivity contribution >= 4 is 23.9 Å². The molecule has 0 saturated heterocycles. The van der Waals surface area contributed by atoms with Crippen LogP contribution in [0.1, 0.15) is 56.2 Å². The van der Waals surface area contributed by atoms with Crippen LogP contribution in [0.3, 0.4) is 0 Å². The SMILES string of the molecule is CCC/C=C/c1cc(/C=C/CCC)cc(CC(=O)C(=O)O)c1. The lowest BCUT2D eigenvalue weighted by Gasteiger charge is -2.04. The van der Waals surface area contributed by atoms with Crippen LogP contribution < -0.4 is 0 Å². The number of benzene rings is 1. The van der Waals surface area contributed by atoms with Gasteiger partial charge in [0.05, 0.1) is 0 Å². The van der Waals surface area contributed by atoms with Gasteiger partial charge < -0.3 is 5.11 Å². The van der Waals surface area contributed by atoms with Crippen molar-refractivity contribution in [2.45, 2.75) is 46.0 Å². The Bertz CT molecular complexity index is 534. The first-order chi connectivity index (χ1) is 10.6. The number of hydrogen-bond donors (Lipinski definition) is 1. The predicted octanol–water partition coefficient (Wildman–Crippen LogP) is 4.51. The van der Waals surface area contributed by atoms with Crippen molar-refractivity contribution in [3.63, 3.8) is 0 Å². The maximum atomic E-state index is 11.4. The van der Waals surface area contributed by atoms with Crippen molar-refractivity contribution in [2.75, 3.05) is 0 Å². The van der Waals surface area contributed by atoms with Crippen molar-refractivity contribution in [1.29, 1.82) is 0 Å². The van der Waals surface area contributed by atoms with Crippen LogP contribution in [-0.2, 0) is 16.0 Å². The lowest BCUT2D eigenvalue weighted by molar-refractivity contribution is -0.148. The fraction of sp³-hybridized carbons (Fsp3) is 0.368. The summed E-state index contributed by atoms with van der Waals surface area (Å²) in [5, 5.41) is 8.75. The molecule has 0 heterocycles. The van der Waals surface area contributed by atoms with E-state index in [4.69, 9.17) is 5.11 Å². The fourth-order valence-electron chi connectivity index (χ4n) is 2.07. The van der Waals surface area contributed by atoms with Crippen LogP contribution in [0.25, 0.3) is 12.2 Å². The maximum absolute atomic E-state index is 11.4. The van der Waals surface area contributed by atoms with E-state index in [0.717, 1.165) is 42.4 Å². The van der Waals surface area contributed by atoms with Gasteiger partial charge in [0.2, 0.25) is 5.78 Å². The number of carboxylic acid groups (broad SMARTS) is 1. The fourth-order valence-corrected chi connectivity index (χ4v) is 2.07. The second kappa shape index (κ2) is 9.72. The van der Waals surface area contributed by atoms with E-state index in [1.807, 2.05) is 30.4 Å². The minimum atomic E-state index is -1.38. The number of carbonyl (C=O) groups excluding carboxylic acids is 1. The number of rotatable bonds is 9. The van der Waals surface area contributed by atoms with Crippen LogP contribution in [0.15, 0.2) is 30.4 Å². The molecular weight excluding hydrogens is 276 g/mol. The van der Waals surface area contributed by atoms with E-state index in [1.165, 1.54) is 0 Å². The van der Waals surface area contributed by atoms with Crippen LogP contribution in [-0.4, -0.2) is 16.9 Å². The Morgan fingerprint density at radius 3 is 1.86 bits per heavy atom. The number of allylic oxidation sites excluding steroid dienone is 2. The molecule has 0 bridgehead atoms. The summed E-state index contributed by atoms with van der Waals surface area (Å²) in [5.41, 5.74) is 2.74. The van der Waals surface area contributed by atoms with Gasteiger partial charge in [-0.2, -0.15) is 0 Å². The van der Waals surface area contributed by atoms with Crippen LogP contribution in [0.2, 0.25) is 0 Å². The molecule has 3 nitrogen and oxygen atoms in total. The van der Waals surface area contributed by atoms with Gasteiger partial charge >= 0.3 is 5.97 Å². The molecule has 0 aliphatic carbocycles. The molecule has 0 spiro atoms. The average molecular weight is 300 g/mol. The summed E-state index contributed by atoms with van der Waals surface area (Å²) >= 11 is 0. The van der Waals surface area contributed by atoms with Gasteiger partial charge in [-0.1, -0.05) is 63.1 Å². The lowest BCUT2D eigenvalue weighted by atomic mass is 10.0. The monoisotopic (exact) mass is 300 g/mol. The molecule has 0 saturated carbocycles. The third-order valence-corrected chi connectivity index (χ3v) is 3.17. The molecule has 0 aromatic heterocycles. The Hall–Kier alpha value is -2.16. The summed E-state index contributed by atoms with van der Waals surface area (Å²) in [6.45, 7) is 4.23. The van der Waals surface area contributed by atoms with Crippen molar-refractivity contribution in [3.8, 4) is 0 Å². The Morgan fingerprint density at radius 1 is 0.955 bits per heavy atom. The van der Waals surface area contributed by atoms with Crippen molar-refractivity contribution in [3.05, 3.63) is 47.0 Å². The lowest BCUT2D eigenvalue weighted by Crippen LogP contribution is -2.15. The van der Waals surface area contributed by atoms with Gasteiger partial charge in [-0.15, -0.1) is 0 Å². The molecule has 0 aliphatic heterocycles. The molecule has 22 heavy (non-hydrogen) atoms. The number of carboxylic acids is 1. The van der Waals surface area contributed by atoms with Crippen LogP contribution in [0.4, 0.5) is 0 Å². The number of aliphatic carboxylic acids is 1. The molecule has 0 radical (unpaired) electrons. The summed E-state index contributed by atoms with van der Waals surface area (Å²) in [7, 11) is 0. The standard InChI is InChI=1S/C19H24O3/c1-3-5-7-9-15-11-16(10-8-6-4-2)13-17(12-15)14-18(20)19(21)22/h7-13H,3-6,14H2,1-2H3,(H,21,22)/b9-7+,10-8+. The van der Waals surface area contributed by atoms with E-state index in [-0.39, 0.29) is 6.42 Å². The zero-order chi connectivity index (χ0) is 16.4. The molecule has 0 unspecified atom stereocenters. The quantitative estimate of drug-likeness (QED) is 0.683. The van der Waals surface area contributed by atoms with Gasteiger partial charge in [0.25, 0.3) is 0 Å². The van der Waals surface area contributed by atoms with Gasteiger partial charge in [0.15, 0.2) is 0 Å². The highest BCUT2D eigenvalue weighted by molar-refractivity contribution is 6.33. The van der Waals surface area contributed by atoms with Crippen LogP contribution in [0.5, 0.6) is 0 Å². The maximum Gasteiger partial charge on any atom is 0.372 e. The smallest absolute Gasteiger partial charge is 0.372 e. The second-order valence-electron chi connectivity index (χ2n) is 5.30. The normalized spacial score (nSPS) is 11.4. The number of Topliss-reactive ketones (excluding diaryl/α,β-unsaturated/α-hetero) is 1. The summed E-state index contributed by atoms with van der Waals surface area (Å²) in [5.74, 6) is -2.16. The molecule has 1 aromatic carbocycles. The van der Waals surface area contributed by atoms with Crippen LogP contribution >= 0.6 is 0 Å². The van der Waals surface area contributed by atoms with Gasteiger partial charge in [-0.3, -0.25) is 4.79 Å². The minimum Gasteiger partial charge on any atom is -0.475 e. The highest BCUT2D eigenvalue weighted by Gasteiger charge is 2.12. The van der Waals surface area contributed by atoms with Crippen molar-refractivity contribution in [2.24, 2.45) is 0 Å². The summed E-state index contributed by atoms with van der Waals surface area (Å²) in [6.07, 6.45) is 12.3. The molecule has 0 fully saturated rings. The van der Waals surface area contributed by atoms with E-state index in [1.54, 1.807) is 0 Å². The number of hydrogen-bond acceptors (Lipinski definition) is 2. The zero-order valence-electron chi connectivity index (χ0n) is 13.3. The first kappa shape index (κ1) is 17.9. The molecule has 1 rings (SSSR count). The molecule has 3 heteroatoms. The second-order valence-corrected chi connectivity index (χ2v) is 5.30. The zero-order valence-corrected chi connectivity index (χ0v) is 13.3. The first-order valence-electron chi connectivity index (χ1n) is 7.80. The van der Waals surface area contributed by atoms with Crippen molar-refractivity contribution in [1.82, 2.24) is 0 Å². The highest BCUT2D eigenvalue weighted by Crippen LogP contribution is 2.15. The van der Waals surface area contributed by atoms with Gasteiger partial charge in [-0.25, -0.2) is 4.79 Å². The van der Waals surface area contributed by atoms with Gasteiger partial charge in [-0.05, 0) is 35.6 Å². The van der Waals surface area contributed by atoms with Crippen LogP contribution in [0, 0.1) is 0 Å². The van der Waals surface area contributed by atoms with Gasteiger partial charge in [0, 0.05) is 6.42 Å². The Morgan fingerprint density at radius 2 is 1.45 bits per heavy atom. The molecule has 118 valence electrons. The molecule has 0 aliphatic rings. The molecule has 0 atom stereocenters. The molecule has 1 N–H and O–H groups in total. The third-order valence-electron chi connectivity index (χ3n) is 3.17. The number of unbranched alkanes of at least 4 members (excludes halogenated alkanes) is 2. The van der Waals surface area contributed by atoms with E-state index >= 15 is 0 Å². The topological polar surface area (TPSA) is 54.4 Å². The van der Waals surface area contributed by atoms with Crippen molar-refractivity contribution < 1.29 is 14.7 Å². The minimum absolute atomic E-state index is 0.0700.